The SMILES string of the molecule is CSCCC(NC(=O)c1cccc(C)c1)C(=O)N(C)Cc1ccccc1Br. The number of halogens is 1. The number of hydrogen-bond donors (Lipinski definition) is 1. The maximum Gasteiger partial charge on any atom is 0.251 e. The molecule has 4 nitrogen and oxygen atoms in total. The third-order valence-electron chi connectivity index (χ3n) is 4.24. The number of rotatable bonds is 8. The second-order valence-electron chi connectivity index (χ2n) is 6.46. The third kappa shape index (κ3) is 6.40. The van der Waals surface area contributed by atoms with E-state index in [9.17, 15) is 9.59 Å². The molecular formula is C21H25BrN2O2S. The van der Waals surface area contributed by atoms with Gasteiger partial charge in [0, 0.05) is 23.6 Å². The van der Waals surface area contributed by atoms with Crippen molar-refractivity contribution in [2.75, 3.05) is 19.1 Å². The molecule has 0 fully saturated rings. The number of thioether (sulfide) groups is 1. The largest absolute Gasteiger partial charge is 0.340 e. The number of amides is 2. The standard InChI is InChI=1S/C21H25BrN2O2S/c1-15-7-6-9-16(13-15)20(25)23-19(11-12-27-3)21(26)24(2)14-17-8-4-5-10-18(17)22/h4-10,13,19H,11-12,14H2,1-3H3,(H,23,25). The number of carbonyl (C=O) groups excluding carboxylic acids is 2. The minimum atomic E-state index is -0.544. The fourth-order valence-electron chi connectivity index (χ4n) is 2.75. The molecule has 1 N–H and O–H groups in total. The third-order valence-corrected chi connectivity index (χ3v) is 5.65. The van der Waals surface area contributed by atoms with Crippen LogP contribution in [0.25, 0.3) is 0 Å². The highest BCUT2D eigenvalue weighted by Crippen LogP contribution is 2.18. The van der Waals surface area contributed by atoms with Crippen molar-refractivity contribution in [3.63, 3.8) is 0 Å². The Balaban J connectivity index is 2.10. The Kier molecular flexibility index (Phi) is 8.38. The summed E-state index contributed by atoms with van der Waals surface area (Å²) >= 11 is 5.18. The van der Waals surface area contributed by atoms with Crippen LogP contribution in [0, 0.1) is 6.92 Å². The van der Waals surface area contributed by atoms with Gasteiger partial charge in [-0.3, -0.25) is 9.59 Å². The first kappa shape index (κ1) is 21.5. The van der Waals surface area contributed by atoms with Gasteiger partial charge in [0.15, 0.2) is 0 Å². The number of carbonyl (C=O) groups is 2. The summed E-state index contributed by atoms with van der Waals surface area (Å²) < 4.78 is 0.967. The summed E-state index contributed by atoms with van der Waals surface area (Å²) in [6.07, 6.45) is 2.59. The summed E-state index contributed by atoms with van der Waals surface area (Å²) in [6, 6.07) is 14.7. The minimum absolute atomic E-state index is 0.0826. The lowest BCUT2D eigenvalue weighted by atomic mass is 10.1. The molecule has 144 valence electrons. The van der Waals surface area contributed by atoms with Crippen LogP contribution in [0.4, 0.5) is 0 Å². The van der Waals surface area contributed by atoms with Gasteiger partial charge < -0.3 is 10.2 Å². The van der Waals surface area contributed by atoms with E-state index in [2.05, 4.69) is 21.2 Å². The van der Waals surface area contributed by atoms with Crippen LogP contribution >= 0.6 is 27.7 Å². The molecule has 0 saturated carbocycles. The molecule has 0 aliphatic heterocycles. The molecule has 0 aromatic heterocycles. The van der Waals surface area contributed by atoms with Crippen molar-refractivity contribution >= 4 is 39.5 Å². The molecule has 27 heavy (non-hydrogen) atoms. The Morgan fingerprint density at radius 1 is 1.19 bits per heavy atom. The molecule has 0 radical (unpaired) electrons. The summed E-state index contributed by atoms with van der Waals surface area (Å²) in [7, 11) is 1.77. The molecule has 0 heterocycles. The molecule has 0 bridgehead atoms. The number of aryl methyl sites for hydroxylation is 1. The van der Waals surface area contributed by atoms with Crippen molar-refractivity contribution in [1.82, 2.24) is 10.2 Å². The van der Waals surface area contributed by atoms with Gasteiger partial charge in [0.25, 0.3) is 5.91 Å². The van der Waals surface area contributed by atoms with E-state index in [0.717, 1.165) is 21.4 Å². The summed E-state index contributed by atoms with van der Waals surface area (Å²) in [5.74, 6) is 0.501. The number of nitrogens with zero attached hydrogens (tertiary/aromatic N) is 1. The van der Waals surface area contributed by atoms with Crippen molar-refractivity contribution in [2.24, 2.45) is 0 Å². The van der Waals surface area contributed by atoms with Crippen LogP contribution in [0.2, 0.25) is 0 Å². The maximum atomic E-state index is 13.0. The molecule has 2 amide bonds. The fraction of sp³-hybridized carbons (Fsp3) is 0.333. The number of hydrogen-bond acceptors (Lipinski definition) is 3. The highest BCUT2D eigenvalue weighted by atomic mass is 79.9. The van der Waals surface area contributed by atoms with Gasteiger partial charge in [-0.15, -0.1) is 0 Å². The predicted octanol–water partition coefficient (Wildman–Crippen LogP) is 4.27. The lowest BCUT2D eigenvalue weighted by Crippen LogP contribution is -2.47. The second-order valence-corrected chi connectivity index (χ2v) is 8.30. The van der Waals surface area contributed by atoms with Crippen LogP contribution in [-0.2, 0) is 11.3 Å². The highest BCUT2D eigenvalue weighted by Gasteiger charge is 2.24. The quantitative estimate of drug-likeness (QED) is 0.655. The van der Waals surface area contributed by atoms with E-state index in [4.69, 9.17) is 0 Å². The van der Waals surface area contributed by atoms with Gasteiger partial charge in [0.05, 0.1) is 0 Å². The normalized spacial score (nSPS) is 11.7. The maximum absolute atomic E-state index is 13.0. The average Bonchev–Trinajstić information content (AvgIpc) is 2.66. The molecule has 2 rings (SSSR count). The van der Waals surface area contributed by atoms with Crippen molar-refractivity contribution in [2.45, 2.75) is 25.9 Å². The van der Waals surface area contributed by atoms with Crippen molar-refractivity contribution in [1.29, 1.82) is 0 Å². The summed E-state index contributed by atoms with van der Waals surface area (Å²) in [4.78, 5) is 27.3. The molecule has 1 atom stereocenters. The van der Waals surface area contributed by atoms with E-state index < -0.39 is 6.04 Å². The lowest BCUT2D eigenvalue weighted by Gasteiger charge is -2.25. The summed E-state index contributed by atoms with van der Waals surface area (Å²) in [6.45, 7) is 2.43. The Hall–Kier alpha value is -1.79. The molecule has 0 aliphatic carbocycles. The van der Waals surface area contributed by atoms with Gasteiger partial charge in [0.2, 0.25) is 5.91 Å². The predicted molar refractivity (Wildman–Crippen MR) is 116 cm³/mol. The van der Waals surface area contributed by atoms with Crippen LogP contribution in [0.5, 0.6) is 0 Å². The van der Waals surface area contributed by atoms with Crippen LogP contribution in [0.1, 0.15) is 27.9 Å². The van der Waals surface area contributed by atoms with Crippen LogP contribution in [0.15, 0.2) is 53.0 Å². The van der Waals surface area contributed by atoms with E-state index >= 15 is 0 Å². The van der Waals surface area contributed by atoms with Crippen molar-refractivity contribution < 1.29 is 9.59 Å². The summed E-state index contributed by atoms with van der Waals surface area (Å²) in [5, 5.41) is 2.92. The second kappa shape index (κ2) is 10.5. The van der Waals surface area contributed by atoms with Crippen LogP contribution in [-0.4, -0.2) is 41.8 Å². The first-order valence-corrected chi connectivity index (χ1v) is 11.0. The molecular weight excluding hydrogens is 424 g/mol. The molecule has 0 aliphatic rings. The zero-order valence-corrected chi connectivity index (χ0v) is 18.3. The van der Waals surface area contributed by atoms with Gasteiger partial charge in [-0.2, -0.15) is 11.8 Å². The Bertz CT molecular complexity index is 797. The molecule has 0 spiro atoms. The Morgan fingerprint density at radius 2 is 1.93 bits per heavy atom. The topological polar surface area (TPSA) is 49.4 Å². The van der Waals surface area contributed by atoms with Gasteiger partial charge >= 0.3 is 0 Å². The Morgan fingerprint density at radius 3 is 2.59 bits per heavy atom. The fourth-order valence-corrected chi connectivity index (χ4v) is 3.63. The Labute approximate surface area is 173 Å². The van der Waals surface area contributed by atoms with Crippen molar-refractivity contribution in [3.05, 3.63) is 69.7 Å². The molecule has 2 aromatic carbocycles. The van der Waals surface area contributed by atoms with Gasteiger partial charge in [0.1, 0.15) is 6.04 Å². The monoisotopic (exact) mass is 448 g/mol. The highest BCUT2D eigenvalue weighted by molar-refractivity contribution is 9.10. The summed E-state index contributed by atoms with van der Waals surface area (Å²) in [5.41, 5.74) is 2.62. The van der Waals surface area contributed by atoms with E-state index in [1.54, 1.807) is 29.8 Å². The van der Waals surface area contributed by atoms with E-state index in [1.807, 2.05) is 55.6 Å². The van der Waals surface area contributed by atoms with Crippen molar-refractivity contribution in [3.8, 4) is 0 Å². The van der Waals surface area contributed by atoms with Gasteiger partial charge in [-0.25, -0.2) is 0 Å². The van der Waals surface area contributed by atoms with Crippen LogP contribution in [0.3, 0.4) is 0 Å². The molecule has 2 aromatic rings. The minimum Gasteiger partial charge on any atom is -0.340 e. The molecule has 0 saturated heterocycles. The number of likely N-dealkylation sites (N-methyl/N-ethyl adjacent to an activating group) is 1. The zero-order valence-electron chi connectivity index (χ0n) is 15.9. The van der Waals surface area contributed by atoms with E-state index in [0.29, 0.717) is 18.5 Å². The van der Waals surface area contributed by atoms with Gasteiger partial charge in [-0.05, 0) is 49.1 Å². The number of benzene rings is 2. The zero-order chi connectivity index (χ0) is 19.8. The van der Waals surface area contributed by atoms with E-state index in [1.165, 1.54) is 0 Å². The first-order chi connectivity index (χ1) is 12.9. The number of nitrogens with one attached hydrogen (secondary N) is 1. The van der Waals surface area contributed by atoms with Crippen LogP contribution < -0.4 is 5.32 Å². The van der Waals surface area contributed by atoms with Gasteiger partial charge in [-0.1, -0.05) is 51.8 Å². The molecule has 6 heteroatoms. The first-order valence-electron chi connectivity index (χ1n) is 8.77. The molecule has 1 unspecified atom stereocenters. The lowest BCUT2D eigenvalue weighted by molar-refractivity contribution is -0.132. The van der Waals surface area contributed by atoms with E-state index in [-0.39, 0.29) is 11.8 Å². The smallest absolute Gasteiger partial charge is 0.251 e. The average molecular weight is 449 g/mol.